The summed E-state index contributed by atoms with van der Waals surface area (Å²) in [5.41, 5.74) is 0.941. The van der Waals surface area contributed by atoms with Gasteiger partial charge in [0.15, 0.2) is 0 Å². The minimum absolute atomic E-state index is 0.259. The largest absolute Gasteiger partial charge is 0.207 e. The highest BCUT2D eigenvalue weighted by atomic mass is 32.2. The van der Waals surface area contributed by atoms with E-state index in [2.05, 4.69) is 28.5 Å². The van der Waals surface area contributed by atoms with Crippen molar-refractivity contribution >= 4 is 19.3 Å². The van der Waals surface area contributed by atoms with Gasteiger partial charge in [0.05, 0.1) is 0 Å². The van der Waals surface area contributed by atoms with Gasteiger partial charge in [-0.3, -0.25) is 0 Å². The van der Waals surface area contributed by atoms with Crippen molar-refractivity contribution in [3.8, 4) is 11.7 Å². The number of benzene rings is 1. The van der Waals surface area contributed by atoms with Crippen LogP contribution in [0.1, 0.15) is 5.56 Å². The second-order valence-corrected chi connectivity index (χ2v) is 5.50. The van der Waals surface area contributed by atoms with Crippen LogP contribution in [0.2, 0.25) is 0 Å². The smallest absolute Gasteiger partial charge is 0.123 e. The minimum atomic E-state index is -1.69. The van der Waals surface area contributed by atoms with Crippen molar-refractivity contribution in [2.75, 3.05) is 0 Å². The third kappa shape index (κ3) is 2.65. The summed E-state index contributed by atoms with van der Waals surface area (Å²) in [6, 6.07) is 6.21. The third-order valence-electron chi connectivity index (χ3n) is 1.99. The molecule has 0 aliphatic carbocycles. The lowest BCUT2D eigenvalue weighted by molar-refractivity contribution is 0.627. The summed E-state index contributed by atoms with van der Waals surface area (Å²) in [6.45, 7) is 7.16. The van der Waals surface area contributed by atoms with E-state index < -0.39 is 9.21 Å². The number of hydrogen-bond acceptors (Lipinski definition) is 0. The topological polar surface area (TPSA) is 0 Å². The van der Waals surface area contributed by atoms with Crippen molar-refractivity contribution in [1.82, 2.24) is 0 Å². The fourth-order valence-electron chi connectivity index (χ4n) is 1.11. The van der Waals surface area contributed by atoms with Crippen molar-refractivity contribution in [2.45, 2.75) is 5.75 Å². The van der Waals surface area contributed by atoms with Crippen molar-refractivity contribution < 1.29 is 4.39 Å². The number of rotatable bonds is 2. The number of halogens is 1. The molecule has 1 rings (SSSR count). The van der Waals surface area contributed by atoms with Crippen LogP contribution in [0.25, 0.3) is 0 Å². The first kappa shape index (κ1) is 11.4. The van der Waals surface area contributed by atoms with Gasteiger partial charge in [-0.05, 0) is 36.1 Å². The summed E-state index contributed by atoms with van der Waals surface area (Å²) in [7, 11) is -1.69. The van der Waals surface area contributed by atoms with E-state index in [1.807, 2.05) is 0 Å². The molecular weight excluding hydrogens is 207 g/mol. The first-order valence-electron chi connectivity index (χ1n) is 4.26. The molecule has 2 heteroatoms. The first-order chi connectivity index (χ1) is 7.15. The van der Waals surface area contributed by atoms with E-state index in [-0.39, 0.29) is 5.82 Å². The highest BCUT2D eigenvalue weighted by molar-refractivity contribution is 8.31. The second-order valence-electron chi connectivity index (χ2n) is 2.92. The van der Waals surface area contributed by atoms with Gasteiger partial charge in [-0.2, -0.15) is 0 Å². The van der Waals surface area contributed by atoms with E-state index in [0.717, 1.165) is 5.56 Å². The fraction of sp³-hybridized carbons (Fsp3) is 0.0769. The predicted octanol–water partition coefficient (Wildman–Crippen LogP) is 2.90. The Labute approximate surface area is 90.2 Å². The Hall–Kier alpha value is -1.64. The van der Waals surface area contributed by atoms with Gasteiger partial charge in [-0.1, -0.05) is 31.4 Å². The highest BCUT2D eigenvalue weighted by Crippen LogP contribution is 2.24. The molecule has 0 bridgehead atoms. The van der Waals surface area contributed by atoms with Gasteiger partial charge in [0.25, 0.3) is 0 Å². The molecule has 0 aromatic heterocycles. The molecule has 0 aliphatic heterocycles. The lowest BCUT2D eigenvalue weighted by Gasteiger charge is -2.05. The number of terminal acetylenes is 1. The van der Waals surface area contributed by atoms with Crippen LogP contribution >= 0.6 is 9.21 Å². The molecule has 0 nitrogen and oxygen atoms in total. The van der Waals surface area contributed by atoms with Crippen molar-refractivity contribution in [2.24, 2.45) is 0 Å². The summed E-state index contributed by atoms with van der Waals surface area (Å²) in [5, 5.41) is 8.24. The zero-order valence-electron chi connectivity index (χ0n) is 8.29. The Bertz CT molecular complexity index is 534. The SMILES string of the molecule is C#CS(=C=C)(=C=C)Cc1ccc(F)cc1. The first-order valence-corrected chi connectivity index (χ1v) is 6.06. The van der Waals surface area contributed by atoms with Gasteiger partial charge in [0, 0.05) is 5.75 Å². The van der Waals surface area contributed by atoms with Gasteiger partial charge < -0.3 is 0 Å². The Morgan fingerprint density at radius 1 is 1.20 bits per heavy atom. The molecule has 0 unspecified atom stereocenters. The van der Waals surface area contributed by atoms with Crippen LogP contribution in [0, 0.1) is 17.5 Å². The molecule has 0 spiro atoms. The molecule has 0 amide bonds. The molecule has 0 radical (unpaired) electrons. The van der Waals surface area contributed by atoms with Crippen molar-refractivity contribution in [3.63, 3.8) is 0 Å². The van der Waals surface area contributed by atoms with Crippen LogP contribution in [0.4, 0.5) is 4.39 Å². The molecule has 0 heterocycles. The van der Waals surface area contributed by atoms with Crippen LogP contribution in [0.3, 0.4) is 0 Å². The van der Waals surface area contributed by atoms with Crippen LogP contribution in [-0.4, -0.2) is 10.0 Å². The zero-order chi connectivity index (χ0) is 11.3. The molecule has 1 aromatic rings. The summed E-state index contributed by atoms with van der Waals surface area (Å²) in [6.07, 6.45) is 5.41. The third-order valence-corrected chi connectivity index (χ3v) is 4.14. The average molecular weight is 218 g/mol. The quantitative estimate of drug-likeness (QED) is 0.529. The molecule has 1 aromatic carbocycles. The molecule has 0 aliphatic rings. The Kier molecular flexibility index (Phi) is 3.61. The van der Waals surface area contributed by atoms with Gasteiger partial charge in [0.2, 0.25) is 0 Å². The molecule has 15 heavy (non-hydrogen) atoms. The van der Waals surface area contributed by atoms with Crippen LogP contribution in [0.5, 0.6) is 0 Å². The van der Waals surface area contributed by atoms with Crippen LogP contribution in [0.15, 0.2) is 37.4 Å². The van der Waals surface area contributed by atoms with E-state index in [1.165, 1.54) is 12.1 Å². The lowest BCUT2D eigenvalue weighted by Crippen LogP contribution is -1.86. The number of hydrogen-bond donors (Lipinski definition) is 0. The maximum Gasteiger partial charge on any atom is 0.123 e. The molecule has 0 atom stereocenters. The summed E-state index contributed by atoms with van der Waals surface area (Å²) in [4.78, 5) is 0. The van der Waals surface area contributed by atoms with E-state index in [4.69, 9.17) is 6.42 Å². The molecule has 0 N–H and O–H groups in total. The Morgan fingerprint density at radius 3 is 2.13 bits per heavy atom. The molecule has 0 fully saturated rings. The molecular formula is C13H11FS. The van der Waals surface area contributed by atoms with E-state index in [1.54, 1.807) is 12.1 Å². The average Bonchev–Trinajstić information content (AvgIpc) is 2.29. The molecule has 0 saturated heterocycles. The van der Waals surface area contributed by atoms with Crippen molar-refractivity contribution in [3.05, 3.63) is 48.8 Å². The standard InChI is InChI=1S/C13H11FS/c1-4-15(5-2,6-3)11-12-7-9-13(14)10-8-12/h1,7-10H,2-3,11H2. The van der Waals surface area contributed by atoms with Gasteiger partial charge in [-0.25, -0.2) is 4.39 Å². The van der Waals surface area contributed by atoms with Gasteiger partial charge in [-0.15, -0.1) is 6.42 Å². The summed E-state index contributed by atoms with van der Waals surface area (Å²) in [5.74, 6) is 0.307. The maximum absolute atomic E-state index is 12.7. The van der Waals surface area contributed by atoms with Gasteiger partial charge in [0.1, 0.15) is 5.82 Å². The Balaban J connectivity index is 3.19. The lowest BCUT2D eigenvalue weighted by atomic mass is 10.2. The monoisotopic (exact) mass is 218 g/mol. The summed E-state index contributed by atoms with van der Waals surface area (Å²) < 4.78 is 12.7. The second kappa shape index (κ2) is 4.73. The molecule has 0 saturated carbocycles. The van der Waals surface area contributed by atoms with Crippen LogP contribution < -0.4 is 0 Å². The fourth-order valence-corrected chi connectivity index (χ4v) is 2.36. The van der Waals surface area contributed by atoms with E-state index in [9.17, 15) is 4.39 Å². The normalized spacial score (nSPS) is 9.87. The summed E-state index contributed by atoms with van der Waals surface area (Å²) >= 11 is 0. The maximum atomic E-state index is 12.7. The van der Waals surface area contributed by atoms with Gasteiger partial charge >= 0.3 is 0 Å². The Morgan fingerprint density at radius 2 is 1.73 bits per heavy atom. The predicted molar refractivity (Wildman–Crippen MR) is 67.8 cm³/mol. The minimum Gasteiger partial charge on any atom is -0.207 e. The zero-order valence-corrected chi connectivity index (χ0v) is 9.11. The highest BCUT2D eigenvalue weighted by Gasteiger charge is 2.00. The molecule has 76 valence electrons. The van der Waals surface area contributed by atoms with Crippen molar-refractivity contribution in [1.29, 1.82) is 0 Å². The van der Waals surface area contributed by atoms with E-state index in [0.29, 0.717) is 5.75 Å². The van der Waals surface area contributed by atoms with Crippen LogP contribution in [-0.2, 0) is 5.75 Å². The van der Waals surface area contributed by atoms with E-state index >= 15 is 0 Å².